The van der Waals surface area contributed by atoms with E-state index in [0.717, 1.165) is 0 Å². The van der Waals surface area contributed by atoms with Crippen LogP contribution in [0.3, 0.4) is 0 Å². The van der Waals surface area contributed by atoms with Gasteiger partial charge in [0.25, 0.3) is 0 Å². The maximum atomic E-state index is 10.9. The first kappa shape index (κ1) is 13.5. The quantitative estimate of drug-likeness (QED) is 0.772. The van der Waals surface area contributed by atoms with Crippen molar-refractivity contribution < 1.29 is 9.90 Å². The molecule has 1 N–H and O–H groups in total. The van der Waals surface area contributed by atoms with E-state index < -0.39 is 5.97 Å². The molecule has 0 saturated heterocycles. The molecule has 17 heavy (non-hydrogen) atoms. The van der Waals surface area contributed by atoms with E-state index in [1.807, 2.05) is 18.2 Å². The summed E-state index contributed by atoms with van der Waals surface area (Å²) in [5, 5.41) is 8.95. The standard InChI is InChI=1S/C11H11N3O2.Li.H/c1-7-10(11(15)16)13-8(2)14(7)9-5-3-4-6-12-9;;/h3-6H,1-2H3,(H,15,16);;. The van der Waals surface area contributed by atoms with E-state index in [2.05, 4.69) is 9.97 Å². The van der Waals surface area contributed by atoms with Crippen molar-refractivity contribution in [2.24, 2.45) is 0 Å². The monoisotopic (exact) mass is 225 g/mol. The second-order valence-corrected chi connectivity index (χ2v) is 3.42. The van der Waals surface area contributed by atoms with Gasteiger partial charge >= 0.3 is 24.8 Å². The van der Waals surface area contributed by atoms with E-state index in [4.69, 9.17) is 5.11 Å². The minimum absolute atomic E-state index is 0. The van der Waals surface area contributed by atoms with Crippen molar-refractivity contribution in [1.82, 2.24) is 14.5 Å². The van der Waals surface area contributed by atoms with Crippen molar-refractivity contribution in [3.05, 3.63) is 41.6 Å². The summed E-state index contributed by atoms with van der Waals surface area (Å²) in [7, 11) is 0. The first-order valence-corrected chi connectivity index (χ1v) is 4.82. The molecule has 2 aromatic heterocycles. The summed E-state index contributed by atoms with van der Waals surface area (Å²) in [4.78, 5) is 19.1. The molecule has 0 atom stereocenters. The van der Waals surface area contributed by atoms with Gasteiger partial charge in [0.1, 0.15) is 11.6 Å². The van der Waals surface area contributed by atoms with Gasteiger partial charge in [-0.05, 0) is 26.0 Å². The van der Waals surface area contributed by atoms with Gasteiger partial charge in [-0.3, -0.25) is 4.57 Å². The number of imidazole rings is 1. The van der Waals surface area contributed by atoms with E-state index in [1.165, 1.54) is 0 Å². The van der Waals surface area contributed by atoms with E-state index in [1.54, 1.807) is 24.6 Å². The summed E-state index contributed by atoms with van der Waals surface area (Å²) < 4.78 is 1.73. The summed E-state index contributed by atoms with van der Waals surface area (Å²) >= 11 is 0. The zero-order valence-electron chi connectivity index (χ0n) is 9.01. The van der Waals surface area contributed by atoms with Gasteiger partial charge in [-0.15, -0.1) is 0 Å². The van der Waals surface area contributed by atoms with Gasteiger partial charge in [-0.1, -0.05) is 6.07 Å². The van der Waals surface area contributed by atoms with Crippen LogP contribution in [-0.2, 0) is 0 Å². The van der Waals surface area contributed by atoms with Gasteiger partial charge in [0.15, 0.2) is 5.69 Å². The van der Waals surface area contributed by atoms with Gasteiger partial charge < -0.3 is 5.11 Å². The fourth-order valence-electron chi connectivity index (χ4n) is 1.67. The number of hydrogen-bond donors (Lipinski definition) is 1. The first-order valence-electron chi connectivity index (χ1n) is 4.82. The molecule has 0 saturated carbocycles. The van der Waals surface area contributed by atoms with Crippen molar-refractivity contribution in [2.45, 2.75) is 13.8 Å². The number of carboxylic acid groups (broad SMARTS) is 1. The molecule has 0 aliphatic rings. The Morgan fingerprint density at radius 3 is 2.53 bits per heavy atom. The van der Waals surface area contributed by atoms with Gasteiger partial charge in [0, 0.05) is 6.20 Å². The molecular weight excluding hydrogens is 213 g/mol. The molecule has 0 aliphatic heterocycles. The third-order valence-electron chi connectivity index (χ3n) is 2.36. The van der Waals surface area contributed by atoms with Crippen LogP contribution in [0.15, 0.2) is 24.4 Å². The van der Waals surface area contributed by atoms with E-state index in [0.29, 0.717) is 17.3 Å². The van der Waals surface area contributed by atoms with Gasteiger partial charge in [-0.25, -0.2) is 14.8 Å². The molecule has 0 radical (unpaired) electrons. The zero-order valence-corrected chi connectivity index (χ0v) is 9.01. The van der Waals surface area contributed by atoms with Crippen molar-refractivity contribution >= 4 is 24.8 Å². The summed E-state index contributed by atoms with van der Waals surface area (Å²) in [5.41, 5.74) is 0.659. The fourth-order valence-corrected chi connectivity index (χ4v) is 1.67. The molecule has 2 aromatic rings. The Balaban J connectivity index is 0.00000144. The molecule has 0 bridgehead atoms. The average molecular weight is 225 g/mol. The fraction of sp³-hybridized carbons (Fsp3) is 0.182. The Kier molecular flexibility index (Phi) is 4.10. The van der Waals surface area contributed by atoms with Gasteiger partial charge in [0.05, 0.1) is 5.69 Å². The first-order chi connectivity index (χ1) is 7.61. The van der Waals surface area contributed by atoms with E-state index in [-0.39, 0.29) is 24.6 Å². The molecule has 0 aromatic carbocycles. The molecule has 0 fully saturated rings. The van der Waals surface area contributed by atoms with Crippen LogP contribution in [0.2, 0.25) is 0 Å². The van der Waals surface area contributed by atoms with Crippen LogP contribution in [0, 0.1) is 13.8 Å². The van der Waals surface area contributed by atoms with E-state index in [9.17, 15) is 4.79 Å². The predicted molar refractivity (Wildman–Crippen MR) is 64.9 cm³/mol. The number of rotatable bonds is 2. The van der Waals surface area contributed by atoms with Crippen LogP contribution < -0.4 is 0 Å². The number of hydrogen-bond acceptors (Lipinski definition) is 3. The molecule has 6 heteroatoms. The topological polar surface area (TPSA) is 68.0 Å². The Morgan fingerprint density at radius 1 is 1.35 bits per heavy atom. The summed E-state index contributed by atoms with van der Waals surface area (Å²) in [5.74, 6) is 0.279. The molecule has 0 aliphatic carbocycles. The Hall–Kier alpha value is -1.57. The van der Waals surface area contributed by atoms with Gasteiger partial charge in [0.2, 0.25) is 0 Å². The van der Waals surface area contributed by atoms with Crippen LogP contribution in [-0.4, -0.2) is 44.5 Å². The maximum absolute atomic E-state index is 10.9. The average Bonchev–Trinajstić information content (AvgIpc) is 2.56. The number of carbonyl (C=O) groups is 1. The normalized spacial score (nSPS) is 9.76. The number of nitrogens with zero attached hydrogens (tertiary/aromatic N) is 3. The van der Waals surface area contributed by atoms with Crippen LogP contribution in [0.25, 0.3) is 5.82 Å². The number of aryl methyl sites for hydroxylation is 1. The summed E-state index contributed by atoms with van der Waals surface area (Å²) in [6.45, 7) is 3.48. The van der Waals surface area contributed by atoms with Crippen molar-refractivity contribution in [3.8, 4) is 5.82 Å². The SMILES string of the molecule is Cc1nc(C(=O)O)c(C)n1-c1ccccn1.[LiH]. The molecule has 0 spiro atoms. The Morgan fingerprint density at radius 2 is 2.06 bits per heavy atom. The third-order valence-corrected chi connectivity index (χ3v) is 2.36. The minimum atomic E-state index is -1.02. The predicted octanol–water partition coefficient (Wildman–Crippen LogP) is 0.934. The Bertz CT molecular complexity index is 537. The van der Waals surface area contributed by atoms with Crippen molar-refractivity contribution in [2.75, 3.05) is 0 Å². The van der Waals surface area contributed by atoms with Crippen LogP contribution in [0.1, 0.15) is 22.0 Å². The van der Waals surface area contributed by atoms with Gasteiger partial charge in [-0.2, -0.15) is 0 Å². The van der Waals surface area contributed by atoms with Crippen molar-refractivity contribution in [1.29, 1.82) is 0 Å². The third kappa shape index (κ3) is 2.41. The molecule has 84 valence electrons. The number of aromatic carboxylic acids is 1. The molecular formula is C11H12LiN3O2. The zero-order chi connectivity index (χ0) is 11.7. The molecule has 2 rings (SSSR count). The van der Waals surface area contributed by atoms with Crippen LogP contribution in [0.4, 0.5) is 0 Å². The Labute approximate surface area is 111 Å². The second-order valence-electron chi connectivity index (χ2n) is 3.42. The van der Waals surface area contributed by atoms with Crippen molar-refractivity contribution in [3.63, 3.8) is 0 Å². The number of pyridine rings is 1. The van der Waals surface area contributed by atoms with Crippen LogP contribution >= 0.6 is 0 Å². The molecule has 0 amide bonds. The molecule has 5 nitrogen and oxygen atoms in total. The summed E-state index contributed by atoms with van der Waals surface area (Å²) in [6.07, 6.45) is 1.66. The van der Waals surface area contributed by atoms with E-state index >= 15 is 0 Å². The number of carboxylic acids is 1. The number of aromatic nitrogens is 3. The summed E-state index contributed by atoms with van der Waals surface area (Å²) in [6, 6.07) is 5.47. The van der Waals surface area contributed by atoms with Crippen LogP contribution in [0.5, 0.6) is 0 Å². The molecule has 0 unspecified atom stereocenters. The molecule has 2 heterocycles. The second kappa shape index (κ2) is 5.17.